The Labute approximate surface area is 90.4 Å². The molecule has 4 nitrogen and oxygen atoms in total. The zero-order chi connectivity index (χ0) is 11.7. The quantitative estimate of drug-likeness (QED) is 0.766. The molecule has 0 spiro atoms. The molecule has 0 saturated carbocycles. The number of hydrogen-bond donors (Lipinski definition) is 2. The lowest BCUT2D eigenvalue weighted by Crippen LogP contribution is -2.12. The first-order valence-electron chi connectivity index (χ1n) is 4.64. The Kier molecular flexibility index (Phi) is 2.44. The van der Waals surface area contributed by atoms with Crippen LogP contribution in [0, 0.1) is 12.7 Å². The molecule has 0 aliphatic rings. The maximum Gasteiger partial charge on any atom is 0.262 e. The molecule has 1 aromatic carbocycles. The van der Waals surface area contributed by atoms with Crippen LogP contribution in [0.4, 0.5) is 4.39 Å². The van der Waals surface area contributed by atoms with Gasteiger partial charge in [-0.05, 0) is 13.0 Å². The van der Waals surface area contributed by atoms with Gasteiger partial charge in [0.1, 0.15) is 17.2 Å². The minimum atomic E-state index is -0.575. The standard InChI is InChI=1S/C11H9FN2O2/c1-6-13-10(15)9(11(16)14-6)7-4-2-3-5-8(7)12/h2-5H,1H3,(H2,13,14,15,16). The van der Waals surface area contributed by atoms with Crippen LogP contribution in [0.2, 0.25) is 0 Å². The number of nitrogens with zero attached hydrogens (tertiary/aromatic N) is 1. The first-order chi connectivity index (χ1) is 7.59. The van der Waals surface area contributed by atoms with Gasteiger partial charge in [0.25, 0.3) is 5.56 Å². The van der Waals surface area contributed by atoms with Crippen molar-refractivity contribution in [2.24, 2.45) is 0 Å². The van der Waals surface area contributed by atoms with E-state index in [4.69, 9.17) is 0 Å². The molecule has 82 valence electrons. The molecule has 2 N–H and O–H groups in total. The molecule has 0 unspecified atom stereocenters. The maximum absolute atomic E-state index is 13.4. The highest BCUT2D eigenvalue weighted by atomic mass is 19.1. The molecule has 0 radical (unpaired) electrons. The van der Waals surface area contributed by atoms with Crippen LogP contribution in [-0.4, -0.2) is 15.1 Å². The number of benzene rings is 1. The molecular formula is C11H9FN2O2. The second-order valence-corrected chi connectivity index (χ2v) is 3.33. The van der Waals surface area contributed by atoms with Gasteiger partial charge in [0.05, 0.1) is 0 Å². The molecule has 1 aromatic heterocycles. The number of rotatable bonds is 1. The van der Waals surface area contributed by atoms with Crippen molar-refractivity contribution in [3.8, 4) is 17.0 Å². The molecule has 0 saturated heterocycles. The van der Waals surface area contributed by atoms with Gasteiger partial charge in [-0.15, -0.1) is 0 Å². The monoisotopic (exact) mass is 220 g/mol. The number of nitrogens with one attached hydrogen (secondary N) is 1. The van der Waals surface area contributed by atoms with Crippen molar-refractivity contribution in [2.75, 3.05) is 0 Å². The Bertz CT molecular complexity index is 593. The van der Waals surface area contributed by atoms with Crippen molar-refractivity contribution in [1.82, 2.24) is 9.97 Å². The van der Waals surface area contributed by atoms with Crippen LogP contribution in [0.3, 0.4) is 0 Å². The van der Waals surface area contributed by atoms with Crippen molar-refractivity contribution in [3.63, 3.8) is 0 Å². The Balaban J connectivity index is 2.75. The van der Waals surface area contributed by atoms with E-state index in [1.807, 2.05) is 0 Å². The molecule has 5 heteroatoms. The van der Waals surface area contributed by atoms with Crippen molar-refractivity contribution in [3.05, 3.63) is 46.3 Å². The lowest BCUT2D eigenvalue weighted by Gasteiger charge is -2.04. The second kappa shape index (κ2) is 3.77. The van der Waals surface area contributed by atoms with Gasteiger partial charge in [0.2, 0.25) is 5.88 Å². The van der Waals surface area contributed by atoms with Crippen LogP contribution in [0.1, 0.15) is 5.82 Å². The van der Waals surface area contributed by atoms with E-state index in [0.717, 1.165) is 0 Å². The summed E-state index contributed by atoms with van der Waals surface area (Å²) in [6.07, 6.45) is 0. The highest BCUT2D eigenvalue weighted by Crippen LogP contribution is 2.25. The summed E-state index contributed by atoms with van der Waals surface area (Å²) in [5, 5.41) is 9.55. The molecule has 0 bridgehead atoms. The van der Waals surface area contributed by atoms with E-state index in [0.29, 0.717) is 0 Å². The fourth-order valence-corrected chi connectivity index (χ4v) is 1.48. The zero-order valence-corrected chi connectivity index (χ0v) is 8.49. The smallest absolute Gasteiger partial charge is 0.262 e. The van der Waals surface area contributed by atoms with Gasteiger partial charge in [-0.3, -0.25) is 4.79 Å². The molecule has 2 rings (SSSR count). The van der Waals surface area contributed by atoms with Crippen LogP contribution >= 0.6 is 0 Å². The van der Waals surface area contributed by atoms with E-state index in [2.05, 4.69) is 9.97 Å². The van der Waals surface area contributed by atoms with Gasteiger partial charge in [-0.1, -0.05) is 18.2 Å². The lowest BCUT2D eigenvalue weighted by atomic mass is 10.1. The van der Waals surface area contributed by atoms with Gasteiger partial charge in [0.15, 0.2) is 0 Å². The van der Waals surface area contributed by atoms with Crippen LogP contribution < -0.4 is 5.56 Å². The van der Waals surface area contributed by atoms with Gasteiger partial charge < -0.3 is 10.1 Å². The van der Waals surface area contributed by atoms with Gasteiger partial charge in [-0.25, -0.2) is 9.37 Å². The molecular weight excluding hydrogens is 211 g/mol. The molecule has 0 amide bonds. The first kappa shape index (κ1) is 10.4. The number of H-pyrrole nitrogens is 1. The number of aromatic hydroxyl groups is 1. The Morgan fingerprint density at radius 1 is 1.38 bits per heavy atom. The van der Waals surface area contributed by atoms with Gasteiger partial charge >= 0.3 is 0 Å². The van der Waals surface area contributed by atoms with E-state index >= 15 is 0 Å². The van der Waals surface area contributed by atoms with E-state index in [1.54, 1.807) is 6.07 Å². The van der Waals surface area contributed by atoms with E-state index < -0.39 is 17.3 Å². The number of aryl methyl sites for hydroxylation is 1. The average molecular weight is 220 g/mol. The van der Waals surface area contributed by atoms with Crippen LogP contribution in [0.25, 0.3) is 11.1 Å². The summed E-state index contributed by atoms with van der Waals surface area (Å²) in [5.41, 5.74) is -0.674. The number of halogens is 1. The van der Waals surface area contributed by atoms with Crippen LogP contribution in [-0.2, 0) is 0 Å². The maximum atomic E-state index is 13.4. The minimum absolute atomic E-state index is 0.0359. The van der Waals surface area contributed by atoms with Crippen molar-refractivity contribution in [1.29, 1.82) is 0 Å². The van der Waals surface area contributed by atoms with Gasteiger partial charge in [-0.2, -0.15) is 0 Å². The normalized spacial score (nSPS) is 10.4. The second-order valence-electron chi connectivity index (χ2n) is 3.33. The zero-order valence-electron chi connectivity index (χ0n) is 8.49. The predicted octanol–water partition coefficient (Wildman–Crippen LogP) is 1.59. The molecule has 0 atom stereocenters. The fraction of sp³-hybridized carbons (Fsp3) is 0.0909. The molecule has 0 aliphatic carbocycles. The Hall–Kier alpha value is -2.17. The van der Waals surface area contributed by atoms with E-state index in [1.165, 1.54) is 25.1 Å². The molecule has 1 heterocycles. The van der Waals surface area contributed by atoms with Crippen molar-refractivity contribution >= 4 is 0 Å². The topological polar surface area (TPSA) is 66.0 Å². The third kappa shape index (κ3) is 1.67. The minimum Gasteiger partial charge on any atom is -0.493 e. The third-order valence-corrected chi connectivity index (χ3v) is 2.16. The summed E-state index contributed by atoms with van der Waals surface area (Å²) in [7, 11) is 0. The summed E-state index contributed by atoms with van der Waals surface area (Å²) in [6, 6.07) is 5.72. The SMILES string of the molecule is Cc1nc(O)c(-c2ccccc2F)c(=O)[nH]1. The van der Waals surface area contributed by atoms with E-state index in [9.17, 15) is 14.3 Å². The molecule has 2 aromatic rings. The summed E-state index contributed by atoms with van der Waals surface area (Å²) < 4.78 is 13.4. The van der Waals surface area contributed by atoms with Crippen LogP contribution in [0.15, 0.2) is 29.1 Å². The number of hydrogen-bond acceptors (Lipinski definition) is 3. The average Bonchev–Trinajstić information content (AvgIpc) is 2.19. The largest absolute Gasteiger partial charge is 0.493 e. The molecule has 0 fully saturated rings. The summed E-state index contributed by atoms with van der Waals surface area (Å²) in [5.74, 6) is -0.761. The van der Waals surface area contributed by atoms with Gasteiger partial charge in [0, 0.05) is 5.56 Å². The third-order valence-electron chi connectivity index (χ3n) is 2.16. The van der Waals surface area contributed by atoms with Crippen LogP contribution in [0.5, 0.6) is 5.88 Å². The fourth-order valence-electron chi connectivity index (χ4n) is 1.48. The molecule has 0 aliphatic heterocycles. The Morgan fingerprint density at radius 2 is 2.06 bits per heavy atom. The summed E-state index contributed by atoms with van der Waals surface area (Å²) in [4.78, 5) is 17.7. The highest BCUT2D eigenvalue weighted by Gasteiger charge is 2.14. The van der Waals surface area contributed by atoms with Crippen molar-refractivity contribution in [2.45, 2.75) is 6.92 Å². The predicted molar refractivity (Wildman–Crippen MR) is 56.7 cm³/mol. The number of aromatic nitrogens is 2. The Morgan fingerprint density at radius 3 is 2.69 bits per heavy atom. The lowest BCUT2D eigenvalue weighted by molar-refractivity contribution is 0.451. The summed E-state index contributed by atoms with van der Waals surface area (Å²) in [6.45, 7) is 1.53. The van der Waals surface area contributed by atoms with E-state index in [-0.39, 0.29) is 17.0 Å². The van der Waals surface area contributed by atoms with Crippen molar-refractivity contribution < 1.29 is 9.50 Å². The highest BCUT2D eigenvalue weighted by molar-refractivity contribution is 5.67. The molecule has 16 heavy (non-hydrogen) atoms. The summed E-state index contributed by atoms with van der Waals surface area (Å²) >= 11 is 0. The number of aromatic amines is 1. The first-order valence-corrected chi connectivity index (χ1v) is 4.64.